The number of Topliss-reactive ketones (excluding diaryl/α,β-unsaturated/α-hetero) is 1. The van der Waals surface area contributed by atoms with Crippen LogP contribution in [0.3, 0.4) is 0 Å². The van der Waals surface area contributed by atoms with Gasteiger partial charge in [0.1, 0.15) is 11.5 Å². The lowest BCUT2D eigenvalue weighted by atomic mass is 9.97. The summed E-state index contributed by atoms with van der Waals surface area (Å²) in [6.07, 6.45) is 0.985. The Hall–Kier alpha value is -3.00. The molecule has 0 saturated carbocycles. The van der Waals surface area contributed by atoms with E-state index in [2.05, 4.69) is 15.3 Å². The Morgan fingerprint density at radius 1 is 1.20 bits per heavy atom. The number of halogens is 2. The third kappa shape index (κ3) is 3.75. The minimum Gasteiger partial charge on any atom is -0.354 e. The Balaban J connectivity index is 1.54. The van der Waals surface area contributed by atoms with Crippen molar-refractivity contribution in [2.24, 2.45) is 4.99 Å². The molecule has 0 fully saturated rings. The average Bonchev–Trinajstić information content (AvgIpc) is 2.94. The molecule has 2 aromatic rings. The van der Waals surface area contributed by atoms with Crippen LogP contribution in [0.25, 0.3) is 0 Å². The second-order valence-corrected chi connectivity index (χ2v) is 7.62. The van der Waals surface area contributed by atoms with Crippen molar-refractivity contribution in [2.75, 3.05) is 20.1 Å². The van der Waals surface area contributed by atoms with Crippen molar-refractivity contribution >= 4 is 23.1 Å². The van der Waals surface area contributed by atoms with Gasteiger partial charge in [0.25, 0.3) is 5.91 Å². The number of carbonyl (C=O) groups is 2. The van der Waals surface area contributed by atoms with Gasteiger partial charge in [0, 0.05) is 49.8 Å². The van der Waals surface area contributed by atoms with Gasteiger partial charge in [-0.05, 0) is 37.5 Å². The molecule has 2 aliphatic heterocycles. The van der Waals surface area contributed by atoms with Crippen LogP contribution in [0.1, 0.15) is 39.7 Å². The molecule has 0 bridgehead atoms. The Kier molecular flexibility index (Phi) is 5.42. The summed E-state index contributed by atoms with van der Waals surface area (Å²) >= 11 is 0. The van der Waals surface area contributed by atoms with Crippen molar-refractivity contribution in [1.29, 1.82) is 0 Å². The van der Waals surface area contributed by atoms with Crippen LogP contribution in [0.15, 0.2) is 23.2 Å². The Morgan fingerprint density at radius 2 is 1.97 bits per heavy atom. The first-order chi connectivity index (χ1) is 14.4. The number of rotatable bonds is 3. The molecule has 1 amide bonds. The molecule has 1 aromatic carbocycles. The SMILES string of the molecule is CNC(=O)c1cc2c(c(F)n1)CCN(Cc1ccc3c(c1F)CC(=O)C(C)=N3)CC2. The van der Waals surface area contributed by atoms with E-state index in [9.17, 15) is 14.0 Å². The molecule has 0 unspecified atom stereocenters. The van der Waals surface area contributed by atoms with Gasteiger partial charge in [-0.25, -0.2) is 14.4 Å². The zero-order chi connectivity index (χ0) is 21.4. The van der Waals surface area contributed by atoms with Crippen LogP contribution in [-0.2, 0) is 30.6 Å². The monoisotopic (exact) mass is 412 g/mol. The molecule has 1 N–H and O–H groups in total. The van der Waals surface area contributed by atoms with E-state index in [0.717, 1.165) is 5.56 Å². The summed E-state index contributed by atoms with van der Waals surface area (Å²) in [6.45, 7) is 3.12. The smallest absolute Gasteiger partial charge is 0.269 e. The van der Waals surface area contributed by atoms with Crippen molar-refractivity contribution in [3.05, 3.63) is 57.9 Å². The van der Waals surface area contributed by atoms with Crippen LogP contribution >= 0.6 is 0 Å². The Labute approximate surface area is 173 Å². The number of nitrogens with zero attached hydrogens (tertiary/aromatic N) is 3. The van der Waals surface area contributed by atoms with E-state index in [1.54, 1.807) is 25.1 Å². The van der Waals surface area contributed by atoms with Crippen LogP contribution in [-0.4, -0.2) is 47.4 Å². The van der Waals surface area contributed by atoms with Gasteiger partial charge >= 0.3 is 0 Å². The lowest BCUT2D eigenvalue weighted by Crippen LogP contribution is -2.27. The normalized spacial score (nSPS) is 16.4. The molecule has 0 spiro atoms. The largest absolute Gasteiger partial charge is 0.354 e. The quantitative estimate of drug-likeness (QED) is 0.787. The Bertz CT molecular complexity index is 1080. The molecule has 8 heteroatoms. The minimum absolute atomic E-state index is 0.0227. The number of fused-ring (bicyclic) bond motifs is 2. The molecule has 6 nitrogen and oxygen atoms in total. The van der Waals surface area contributed by atoms with E-state index in [4.69, 9.17) is 0 Å². The number of amides is 1. The molecule has 0 saturated heterocycles. The van der Waals surface area contributed by atoms with Gasteiger partial charge in [0.2, 0.25) is 5.95 Å². The number of hydrogen-bond donors (Lipinski definition) is 1. The molecule has 2 aliphatic rings. The van der Waals surface area contributed by atoms with Crippen molar-refractivity contribution < 1.29 is 18.4 Å². The van der Waals surface area contributed by atoms with E-state index in [0.29, 0.717) is 60.6 Å². The van der Waals surface area contributed by atoms with Crippen molar-refractivity contribution in [2.45, 2.75) is 32.7 Å². The molecule has 30 heavy (non-hydrogen) atoms. The minimum atomic E-state index is -0.625. The summed E-state index contributed by atoms with van der Waals surface area (Å²) in [5, 5.41) is 2.46. The van der Waals surface area contributed by atoms with E-state index >= 15 is 4.39 Å². The highest BCUT2D eigenvalue weighted by Gasteiger charge is 2.25. The third-order valence-corrected chi connectivity index (χ3v) is 5.72. The molecular formula is C22H22F2N4O2. The molecular weight excluding hydrogens is 390 g/mol. The number of pyridine rings is 1. The molecule has 3 heterocycles. The summed E-state index contributed by atoms with van der Waals surface area (Å²) in [4.78, 5) is 33.8. The first-order valence-electron chi connectivity index (χ1n) is 9.89. The summed E-state index contributed by atoms with van der Waals surface area (Å²) in [7, 11) is 1.47. The number of carbonyl (C=O) groups excluding carboxylic acids is 2. The number of aliphatic imine (C=N–C) groups is 1. The second kappa shape index (κ2) is 8.02. The van der Waals surface area contributed by atoms with Gasteiger partial charge < -0.3 is 5.32 Å². The van der Waals surface area contributed by atoms with E-state index in [-0.39, 0.29) is 17.9 Å². The van der Waals surface area contributed by atoms with Crippen LogP contribution in [0.4, 0.5) is 14.5 Å². The summed E-state index contributed by atoms with van der Waals surface area (Å²) < 4.78 is 29.5. The summed E-state index contributed by atoms with van der Waals surface area (Å²) in [5.41, 5.74) is 3.05. The maximum Gasteiger partial charge on any atom is 0.269 e. The predicted molar refractivity (Wildman–Crippen MR) is 108 cm³/mol. The van der Waals surface area contributed by atoms with Crippen molar-refractivity contribution in [3.63, 3.8) is 0 Å². The van der Waals surface area contributed by atoms with Gasteiger partial charge in [-0.15, -0.1) is 0 Å². The molecule has 0 radical (unpaired) electrons. The van der Waals surface area contributed by atoms with Crippen LogP contribution in [0.5, 0.6) is 0 Å². The summed E-state index contributed by atoms with van der Waals surface area (Å²) in [6, 6.07) is 5.08. The highest BCUT2D eigenvalue weighted by atomic mass is 19.1. The van der Waals surface area contributed by atoms with E-state index < -0.39 is 17.7 Å². The molecule has 0 aliphatic carbocycles. The number of nitrogens with one attached hydrogen (secondary N) is 1. The van der Waals surface area contributed by atoms with Gasteiger partial charge in [0.05, 0.1) is 11.4 Å². The fourth-order valence-electron chi connectivity index (χ4n) is 3.97. The Morgan fingerprint density at radius 3 is 2.73 bits per heavy atom. The first kappa shape index (κ1) is 20.3. The number of benzene rings is 1. The van der Waals surface area contributed by atoms with Gasteiger partial charge in [-0.1, -0.05) is 6.07 Å². The highest BCUT2D eigenvalue weighted by Crippen LogP contribution is 2.30. The topological polar surface area (TPSA) is 74.7 Å². The molecule has 0 atom stereocenters. The van der Waals surface area contributed by atoms with Crippen molar-refractivity contribution in [3.8, 4) is 0 Å². The lowest BCUT2D eigenvalue weighted by molar-refractivity contribution is -0.112. The first-order valence-corrected chi connectivity index (χ1v) is 9.89. The fraction of sp³-hybridized carbons (Fsp3) is 0.364. The maximum atomic E-state index is 15.1. The molecule has 1 aromatic heterocycles. The zero-order valence-electron chi connectivity index (χ0n) is 16.9. The predicted octanol–water partition coefficient (Wildman–Crippen LogP) is 2.54. The van der Waals surface area contributed by atoms with Crippen LogP contribution < -0.4 is 5.32 Å². The fourth-order valence-corrected chi connectivity index (χ4v) is 3.97. The van der Waals surface area contributed by atoms with Gasteiger partial charge in [0.15, 0.2) is 5.78 Å². The lowest BCUT2D eigenvalue weighted by Gasteiger charge is -2.22. The average molecular weight is 412 g/mol. The van der Waals surface area contributed by atoms with Gasteiger partial charge in [-0.3, -0.25) is 14.5 Å². The van der Waals surface area contributed by atoms with E-state index in [1.165, 1.54) is 7.05 Å². The number of hydrogen-bond acceptors (Lipinski definition) is 5. The van der Waals surface area contributed by atoms with Gasteiger partial charge in [-0.2, -0.15) is 4.39 Å². The maximum absolute atomic E-state index is 15.1. The number of aromatic nitrogens is 1. The zero-order valence-corrected chi connectivity index (χ0v) is 16.9. The molecule has 4 rings (SSSR count). The standard InChI is InChI=1S/C22H22F2N4O2/c1-12-19(29)10-16-17(26-12)4-3-14(20(16)23)11-28-7-5-13-9-18(22(30)25-2)27-21(24)15(13)6-8-28/h3-4,9H,5-8,10-11H2,1-2H3,(H,25,30). The third-order valence-electron chi connectivity index (χ3n) is 5.72. The summed E-state index contributed by atoms with van der Waals surface area (Å²) in [5.74, 6) is -1.62. The van der Waals surface area contributed by atoms with Crippen molar-refractivity contribution in [1.82, 2.24) is 15.2 Å². The number of ketones is 1. The van der Waals surface area contributed by atoms with Crippen LogP contribution in [0, 0.1) is 11.8 Å². The highest BCUT2D eigenvalue weighted by molar-refractivity contribution is 6.40. The second-order valence-electron chi connectivity index (χ2n) is 7.62. The van der Waals surface area contributed by atoms with E-state index in [1.807, 2.05) is 4.90 Å². The van der Waals surface area contributed by atoms with Crippen LogP contribution in [0.2, 0.25) is 0 Å². The molecule has 156 valence electrons.